The standard InChI is InChI=1S/C7H6Cl2OS2/c1-10-5-2-3-6(11-8)7(4-5)12-9/h2-4H,1H3. The highest BCUT2D eigenvalue weighted by Gasteiger charge is 2.03. The average Bonchev–Trinajstić information content (AvgIpc) is 2.16. The number of methoxy groups -OCH3 is 1. The molecule has 0 aliphatic carbocycles. The molecule has 0 heterocycles. The Morgan fingerprint density at radius 2 is 1.83 bits per heavy atom. The Balaban J connectivity index is 3.02. The highest BCUT2D eigenvalue weighted by molar-refractivity contribution is 8.23. The van der Waals surface area contributed by atoms with Crippen molar-refractivity contribution >= 4 is 43.3 Å². The van der Waals surface area contributed by atoms with Crippen molar-refractivity contribution in [2.75, 3.05) is 7.11 Å². The van der Waals surface area contributed by atoms with E-state index in [4.69, 9.17) is 26.1 Å². The molecule has 1 rings (SSSR count). The second-order valence-corrected chi connectivity index (χ2v) is 4.08. The van der Waals surface area contributed by atoms with Crippen LogP contribution in [0.1, 0.15) is 0 Å². The van der Waals surface area contributed by atoms with Gasteiger partial charge in [0.2, 0.25) is 0 Å². The van der Waals surface area contributed by atoms with Gasteiger partial charge in [-0.05, 0) is 61.5 Å². The number of hydrogen-bond acceptors (Lipinski definition) is 3. The Morgan fingerprint density at radius 3 is 2.33 bits per heavy atom. The van der Waals surface area contributed by atoms with Gasteiger partial charge in [0.05, 0.1) is 7.11 Å². The zero-order valence-electron chi connectivity index (χ0n) is 6.21. The van der Waals surface area contributed by atoms with Gasteiger partial charge in [0.25, 0.3) is 0 Å². The molecule has 12 heavy (non-hydrogen) atoms. The van der Waals surface area contributed by atoms with Crippen LogP contribution in [0, 0.1) is 0 Å². The van der Waals surface area contributed by atoms with Crippen LogP contribution in [0.2, 0.25) is 0 Å². The van der Waals surface area contributed by atoms with E-state index in [9.17, 15) is 0 Å². The van der Waals surface area contributed by atoms with Crippen molar-refractivity contribution in [2.45, 2.75) is 9.79 Å². The first-order valence-electron chi connectivity index (χ1n) is 3.07. The lowest BCUT2D eigenvalue weighted by molar-refractivity contribution is 0.413. The molecule has 0 spiro atoms. The molecule has 0 saturated carbocycles. The fourth-order valence-electron chi connectivity index (χ4n) is 0.739. The van der Waals surface area contributed by atoms with Gasteiger partial charge in [-0.25, -0.2) is 0 Å². The van der Waals surface area contributed by atoms with Gasteiger partial charge in [-0.2, -0.15) is 0 Å². The summed E-state index contributed by atoms with van der Waals surface area (Å²) in [5, 5.41) is 0. The van der Waals surface area contributed by atoms with Crippen LogP contribution in [0.25, 0.3) is 0 Å². The molecule has 0 N–H and O–H groups in total. The lowest BCUT2D eigenvalue weighted by Crippen LogP contribution is -1.83. The third kappa shape index (κ3) is 2.39. The molecule has 0 atom stereocenters. The molecule has 0 aliphatic rings. The second-order valence-electron chi connectivity index (χ2n) is 1.97. The zero-order valence-corrected chi connectivity index (χ0v) is 9.36. The van der Waals surface area contributed by atoms with E-state index in [1.165, 1.54) is 0 Å². The minimum atomic E-state index is 0.785. The fourth-order valence-corrected chi connectivity index (χ4v) is 2.61. The normalized spacial score (nSPS) is 9.92. The van der Waals surface area contributed by atoms with Crippen LogP contribution in [0.5, 0.6) is 5.75 Å². The second kappa shape index (κ2) is 5.12. The Bertz CT molecular complexity index is 268. The van der Waals surface area contributed by atoms with Crippen LogP contribution in [0.3, 0.4) is 0 Å². The number of hydrogen-bond donors (Lipinski definition) is 0. The van der Waals surface area contributed by atoms with Crippen LogP contribution >= 0.6 is 43.3 Å². The van der Waals surface area contributed by atoms with E-state index in [1.54, 1.807) is 7.11 Å². The number of benzene rings is 1. The maximum Gasteiger partial charge on any atom is 0.120 e. The van der Waals surface area contributed by atoms with Gasteiger partial charge in [0.1, 0.15) is 5.75 Å². The quantitative estimate of drug-likeness (QED) is 0.785. The van der Waals surface area contributed by atoms with Crippen molar-refractivity contribution in [3.8, 4) is 5.75 Å². The first-order valence-corrected chi connectivity index (χ1v) is 6.35. The molecule has 0 saturated heterocycles. The van der Waals surface area contributed by atoms with Crippen LogP contribution < -0.4 is 4.74 Å². The molecule has 0 amide bonds. The van der Waals surface area contributed by atoms with E-state index in [2.05, 4.69) is 0 Å². The topological polar surface area (TPSA) is 9.23 Å². The third-order valence-electron chi connectivity index (χ3n) is 1.32. The van der Waals surface area contributed by atoms with E-state index in [1.807, 2.05) is 18.2 Å². The van der Waals surface area contributed by atoms with E-state index >= 15 is 0 Å². The third-order valence-corrected chi connectivity index (χ3v) is 3.47. The van der Waals surface area contributed by atoms with Gasteiger partial charge >= 0.3 is 0 Å². The van der Waals surface area contributed by atoms with Crippen molar-refractivity contribution in [3.05, 3.63) is 18.2 Å². The number of ether oxygens (including phenoxy) is 1. The molecule has 0 fully saturated rings. The van der Waals surface area contributed by atoms with Crippen molar-refractivity contribution in [1.29, 1.82) is 0 Å². The van der Waals surface area contributed by atoms with E-state index in [0.29, 0.717) is 0 Å². The maximum atomic E-state index is 5.63. The first kappa shape index (κ1) is 10.4. The molecule has 1 nitrogen and oxygen atoms in total. The minimum absolute atomic E-state index is 0.785. The van der Waals surface area contributed by atoms with Crippen molar-refractivity contribution in [1.82, 2.24) is 0 Å². The summed E-state index contributed by atoms with van der Waals surface area (Å²) in [5.74, 6) is 0.785. The number of halogens is 2. The summed E-state index contributed by atoms with van der Waals surface area (Å²) in [4.78, 5) is 1.86. The van der Waals surface area contributed by atoms with Gasteiger partial charge in [0.15, 0.2) is 0 Å². The Labute approximate surface area is 88.8 Å². The molecule has 0 radical (unpaired) electrons. The monoisotopic (exact) mass is 240 g/mol. The van der Waals surface area contributed by atoms with Crippen molar-refractivity contribution in [2.24, 2.45) is 0 Å². The molecule has 0 unspecified atom stereocenters. The van der Waals surface area contributed by atoms with Crippen LogP contribution in [0.4, 0.5) is 0 Å². The van der Waals surface area contributed by atoms with E-state index < -0.39 is 0 Å². The summed E-state index contributed by atoms with van der Waals surface area (Å²) in [6.45, 7) is 0. The smallest absolute Gasteiger partial charge is 0.120 e. The van der Waals surface area contributed by atoms with Crippen LogP contribution in [0.15, 0.2) is 28.0 Å². The molecule has 0 bridgehead atoms. The van der Waals surface area contributed by atoms with Gasteiger partial charge < -0.3 is 4.74 Å². The van der Waals surface area contributed by atoms with Gasteiger partial charge in [0, 0.05) is 9.79 Å². The molecule has 0 aromatic heterocycles. The molecule has 1 aromatic rings. The minimum Gasteiger partial charge on any atom is -0.497 e. The zero-order chi connectivity index (χ0) is 8.97. The lowest BCUT2D eigenvalue weighted by atomic mass is 10.3. The van der Waals surface area contributed by atoms with Gasteiger partial charge in [-0.3, -0.25) is 0 Å². The predicted molar refractivity (Wildman–Crippen MR) is 56.4 cm³/mol. The van der Waals surface area contributed by atoms with Gasteiger partial charge in [-0.15, -0.1) is 0 Å². The molecule has 66 valence electrons. The average molecular weight is 241 g/mol. The SMILES string of the molecule is COc1ccc(SCl)c(SCl)c1. The summed E-state index contributed by atoms with van der Waals surface area (Å²) >= 11 is 0. The predicted octanol–water partition coefficient (Wildman–Crippen LogP) is 4.19. The maximum absolute atomic E-state index is 5.63. The van der Waals surface area contributed by atoms with Crippen LogP contribution in [-0.4, -0.2) is 7.11 Å². The van der Waals surface area contributed by atoms with Crippen LogP contribution in [-0.2, 0) is 0 Å². The Hall–Kier alpha value is 0.300. The molecular weight excluding hydrogens is 235 g/mol. The van der Waals surface area contributed by atoms with E-state index in [-0.39, 0.29) is 0 Å². The number of rotatable bonds is 3. The molecule has 5 heteroatoms. The summed E-state index contributed by atoms with van der Waals surface area (Å²) in [5.41, 5.74) is 0. The Morgan fingerprint density at radius 1 is 1.17 bits per heavy atom. The Kier molecular flexibility index (Phi) is 4.43. The molecule has 1 aromatic carbocycles. The summed E-state index contributed by atoms with van der Waals surface area (Å²) in [6.07, 6.45) is 0. The fraction of sp³-hybridized carbons (Fsp3) is 0.143. The first-order chi connectivity index (χ1) is 5.81. The van der Waals surface area contributed by atoms with Gasteiger partial charge in [-0.1, -0.05) is 0 Å². The highest BCUT2D eigenvalue weighted by Crippen LogP contribution is 2.37. The van der Waals surface area contributed by atoms with E-state index in [0.717, 1.165) is 37.5 Å². The van der Waals surface area contributed by atoms with Crippen molar-refractivity contribution in [3.63, 3.8) is 0 Å². The van der Waals surface area contributed by atoms with Crippen molar-refractivity contribution < 1.29 is 4.74 Å². The summed E-state index contributed by atoms with van der Waals surface area (Å²) in [6, 6.07) is 5.57. The largest absolute Gasteiger partial charge is 0.497 e. The summed E-state index contributed by atoms with van der Waals surface area (Å²) in [7, 11) is 15.1. The lowest BCUT2D eigenvalue weighted by Gasteiger charge is -2.04. The molecular formula is C7H6Cl2OS2. The molecule has 0 aliphatic heterocycles. The highest BCUT2D eigenvalue weighted by atomic mass is 35.7. The summed E-state index contributed by atoms with van der Waals surface area (Å²) < 4.78 is 5.03.